The summed E-state index contributed by atoms with van der Waals surface area (Å²) in [4.78, 5) is 10.8. The summed E-state index contributed by atoms with van der Waals surface area (Å²) >= 11 is 0. The number of aromatic carboxylic acids is 1. The molecule has 3 N–H and O–H groups in total. The maximum Gasteiger partial charge on any atom is 0.336 e. The zero-order valence-corrected chi connectivity index (χ0v) is 7.56. The number of nitrogens with zero attached hydrogens (tertiary/aromatic N) is 1. The Bertz CT molecular complexity index is 376. The zero-order valence-electron chi connectivity index (χ0n) is 7.56. The van der Waals surface area contributed by atoms with Gasteiger partial charge in [0.1, 0.15) is 5.75 Å². The summed E-state index contributed by atoms with van der Waals surface area (Å²) in [6, 6.07) is 3.35. The summed E-state index contributed by atoms with van der Waals surface area (Å²) in [6.45, 7) is 1.59. The molecule has 0 radical (unpaired) electrons. The van der Waals surface area contributed by atoms with Crippen molar-refractivity contribution in [1.82, 2.24) is 0 Å². The van der Waals surface area contributed by atoms with Crippen molar-refractivity contribution in [3.8, 4) is 5.75 Å². The minimum absolute atomic E-state index is 0.0273. The third-order valence-corrected chi connectivity index (χ3v) is 1.91. The van der Waals surface area contributed by atoms with E-state index in [0.29, 0.717) is 5.56 Å². The van der Waals surface area contributed by atoms with Gasteiger partial charge in [-0.25, -0.2) is 10.3 Å². The Balaban J connectivity index is 3.29. The zero-order chi connectivity index (χ0) is 10.7. The highest BCUT2D eigenvalue weighted by atomic mass is 16.4. The molecule has 0 spiro atoms. The van der Waals surface area contributed by atoms with Crippen LogP contribution in [-0.4, -0.2) is 16.2 Å². The first-order valence-electron chi connectivity index (χ1n) is 3.99. The molecule has 0 amide bonds. The molecule has 0 bridgehead atoms. The van der Waals surface area contributed by atoms with Crippen LogP contribution in [0.2, 0.25) is 0 Å². The van der Waals surface area contributed by atoms with Crippen molar-refractivity contribution in [2.45, 2.75) is 13.0 Å². The van der Waals surface area contributed by atoms with Crippen LogP contribution in [0.5, 0.6) is 5.75 Å². The van der Waals surface area contributed by atoms with Crippen molar-refractivity contribution in [1.29, 1.82) is 5.53 Å². The second-order valence-corrected chi connectivity index (χ2v) is 2.88. The van der Waals surface area contributed by atoms with E-state index < -0.39 is 12.0 Å². The Labute approximate surface area is 80.5 Å². The van der Waals surface area contributed by atoms with E-state index in [0.717, 1.165) is 0 Å². The fraction of sp³-hybridized carbons (Fsp3) is 0.222. The second-order valence-electron chi connectivity index (χ2n) is 2.88. The lowest BCUT2D eigenvalue weighted by Crippen LogP contribution is -2.03. The van der Waals surface area contributed by atoms with E-state index in [1.165, 1.54) is 18.2 Å². The van der Waals surface area contributed by atoms with Gasteiger partial charge in [-0.1, -0.05) is 0 Å². The molecule has 5 nitrogen and oxygen atoms in total. The fourth-order valence-corrected chi connectivity index (χ4v) is 1.16. The van der Waals surface area contributed by atoms with E-state index in [4.69, 9.17) is 15.7 Å². The second kappa shape index (κ2) is 3.87. The summed E-state index contributed by atoms with van der Waals surface area (Å²) < 4.78 is 0. The summed E-state index contributed by atoms with van der Waals surface area (Å²) in [7, 11) is 0. The molecule has 0 saturated carbocycles. The Morgan fingerprint density at radius 3 is 2.71 bits per heavy atom. The first kappa shape index (κ1) is 10.2. The number of phenols is 1. The van der Waals surface area contributed by atoms with Crippen molar-refractivity contribution in [3.05, 3.63) is 29.3 Å². The SMILES string of the molecule is CC(N=N)c1cc(O)ccc1C(=O)O. The van der Waals surface area contributed by atoms with E-state index in [9.17, 15) is 4.79 Å². The molecular weight excluding hydrogens is 184 g/mol. The molecule has 0 aliphatic heterocycles. The van der Waals surface area contributed by atoms with Crippen LogP contribution in [0.1, 0.15) is 28.9 Å². The molecule has 1 atom stereocenters. The van der Waals surface area contributed by atoms with Crippen LogP contribution in [-0.2, 0) is 0 Å². The molecule has 1 aromatic carbocycles. The van der Waals surface area contributed by atoms with Gasteiger partial charge in [0.25, 0.3) is 0 Å². The summed E-state index contributed by atoms with van der Waals surface area (Å²) in [5, 5.41) is 21.2. The summed E-state index contributed by atoms with van der Waals surface area (Å²) in [6.07, 6.45) is 0. The molecule has 14 heavy (non-hydrogen) atoms. The van der Waals surface area contributed by atoms with Crippen LogP contribution in [0.3, 0.4) is 0 Å². The molecule has 0 aliphatic carbocycles. The van der Waals surface area contributed by atoms with Crippen molar-refractivity contribution in [2.24, 2.45) is 5.11 Å². The lowest BCUT2D eigenvalue weighted by Gasteiger charge is -2.08. The van der Waals surface area contributed by atoms with Crippen LogP contribution < -0.4 is 0 Å². The first-order chi connectivity index (χ1) is 6.56. The van der Waals surface area contributed by atoms with Gasteiger partial charge in [-0.2, -0.15) is 5.11 Å². The number of nitrogens with one attached hydrogen (secondary N) is 1. The van der Waals surface area contributed by atoms with Gasteiger partial charge in [-0.3, -0.25) is 0 Å². The number of hydrogen-bond acceptors (Lipinski definition) is 4. The van der Waals surface area contributed by atoms with Crippen LogP contribution in [0, 0.1) is 5.53 Å². The number of phenolic OH excluding ortho intramolecular Hbond substituents is 1. The smallest absolute Gasteiger partial charge is 0.336 e. The molecule has 1 rings (SSSR count). The normalized spacial score (nSPS) is 12.1. The molecule has 1 aromatic rings. The number of benzene rings is 1. The van der Waals surface area contributed by atoms with Gasteiger partial charge in [-0.05, 0) is 30.7 Å². The van der Waals surface area contributed by atoms with Gasteiger partial charge in [-0.15, -0.1) is 0 Å². The highest BCUT2D eigenvalue weighted by molar-refractivity contribution is 5.89. The predicted molar refractivity (Wildman–Crippen MR) is 48.6 cm³/mol. The molecule has 0 aromatic heterocycles. The van der Waals surface area contributed by atoms with E-state index in [1.54, 1.807) is 6.92 Å². The molecular formula is C9H10N2O3. The van der Waals surface area contributed by atoms with Crippen molar-refractivity contribution >= 4 is 5.97 Å². The number of carboxylic acids is 1. The van der Waals surface area contributed by atoms with Gasteiger partial charge in [0.15, 0.2) is 0 Å². The van der Waals surface area contributed by atoms with Crippen LogP contribution in [0.4, 0.5) is 0 Å². The molecule has 5 heteroatoms. The first-order valence-corrected chi connectivity index (χ1v) is 3.99. The maximum atomic E-state index is 10.8. The largest absolute Gasteiger partial charge is 0.508 e. The molecule has 74 valence electrons. The molecule has 0 aliphatic rings. The van der Waals surface area contributed by atoms with Gasteiger partial charge >= 0.3 is 5.97 Å². The molecule has 1 unspecified atom stereocenters. The van der Waals surface area contributed by atoms with E-state index in [-0.39, 0.29) is 11.3 Å². The Morgan fingerprint density at radius 2 is 2.21 bits per heavy atom. The Kier molecular flexibility index (Phi) is 2.81. The van der Waals surface area contributed by atoms with Gasteiger partial charge in [0.05, 0.1) is 11.6 Å². The average molecular weight is 194 g/mol. The number of carboxylic acid groups (broad SMARTS) is 1. The van der Waals surface area contributed by atoms with E-state index in [2.05, 4.69) is 5.11 Å². The standard InChI is InChI=1S/C9H10N2O3/c1-5(11-10)8-4-6(12)2-3-7(8)9(13)14/h2-5,10,12H,1H3,(H,13,14). The molecule has 0 heterocycles. The van der Waals surface area contributed by atoms with Crippen molar-refractivity contribution in [3.63, 3.8) is 0 Å². The topological polar surface area (TPSA) is 93.7 Å². The monoisotopic (exact) mass is 194 g/mol. The minimum atomic E-state index is -1.09. The predicted octanol–water partition coefficient (Wildman–Crippen LogP) is 2.18. The molecule has 0 saturated heterocycles. The van der Waals surface area contributed by atoms with Crippen molar-refractivity contribution in [2.75, 3.05) is 0 Å². The van der Waals surface area contributed by atoms with Gasteiger partial charge in [0, 0.05) is 0 Å². The third kappa shape index (κ3) is 1.87. The maximum absolute atomic E-state index is 10.8. The Morgan fingerprint density at radius 1 is 1.57 bits per heavy atom. The van der Waals surface area contributed by atoms with Crippen LogP contribution in [0.25, 0.3) is 0 Å². The van der Waals surface area contributed by atoms with E-state index in [1.807, 2.05) is 0 Å². The third-order valence-electron chi connectivity index (χ3n) is 1.91. The minimum Gasteiger partial charge on any atom is -0.508 e. The number of rotatable bonds is 3. The fourth-order valence-electron chi connectivity index (χ4n) is 1.16. The van der Waals surface area contributed by atoms with Gasteiger partial charge in [0.2, 0.25) is 0 Å². The van der Waals surface area contributed by atoms with Crippen LogP contribution in [0.15, 0.2) is 23.3 Å². The number of aromatic hydroxyl groups is 1. The van der Waals surface area contributed by atoms with Crippen LogP contribution >= 0.6 is 0 Å². The summed E-state index contributed by atoms with van der Waals surface area (Å²) in [5.41, 5.74) is 7.21. The number of carbonyl (C=O) groups is 1. The van der Waals surface area contributed by atoms with E-state index >= 15 is 0 Å². The van der Waals surface area contributed by atoms with Crippen molar-refractivity contribution < 1.29 is 15.0 Å². The average Bonchev–Trinajstić information content (AvgIpc) is 2.16. The highest BCUT2D eigenvalue weighted by Gasteiger charge is 2.15. The lowest BCUT2D eigenvalue weighted by molar-refractivity contribution is 0.0695. The number of hydrogen-bond donors (Lipinski definition) is 3. The highest BCUT2D eigenvalue weighted by Crippen LogP contribution is 2.25. The lowest BCUT2D eigenvalue weighted by atomic mass is 10.0. The quantitative estimate of drug-likeness (QED) is 0.643. The Hall–Kier alpha value is -1.91. The molecule has 0 fully saturated rings. The summed E-state index contributed by atoms with van der Waals surface area (Å²) in [5.74, 6) is -1.11. The van der Waals surface area contributed by atoms with Gasteiger partial charge < -0.3 is 10.2 Å².